The molecule has 0 amide bonds. The van der Waals surface area contributed by atoms with E-state index in [4.69, 9.17) is 5.73 Å². The highest BCUT2D eigenvalue weighted by Gasteiger charge is 2.01. The molecule has 1 atom stereocenters. The zero-order chi connectivity index (χ0) is 17.0. The molecule has 0 spiro atoms. The van der Waals surface area contributed by atoms with E-state index in [2.05, 4.69) is 13.8 Å². The smallest absolute Gasteiger partial charge is 0.00388 e. The zero-order valence-corrected chi connectivity index (χ0v) is 16.6. The highest BCUT2D eigenvalue weighted by molar-refractivity contribution is 4.61. The third-order valence-corrected chi connectivity index (χ3v) is 5.11. The van der Waals surface area contributed by atoms with Crippen LogP contribution in [0.15, 0.2) is 0 Å². The topological polar surface area (TPSA) is 26.0 Å². The zero-order valence-electron chi connectivity index (χ0n) is 16.6. The average molecular weight is 326 g/mol. The summed E-state index contributed by atoms with van der Waals surface area (Å²) in [6.45, 7) is 4.54. The van der Waals surface area contributed by atoms with Gasteiger partial charge in [0.05, 0.1) is 0 Å². The lowest BCUT2D eigenvalue weighted by molar-refractivity contribution is 0.492. The van der Waals surface area contributed by atoms with E-state index in [1.807, 2.05) is 0 Å². The molecule has 0 radical (unpaired) electrons. The van der Waals surface area contributed by atoms with Gasteiger partial charge in [-0.1, -0.05) is 123 Å². The average Bonchev–Trinajstić information content (AvgIpc) is 2.56. The molecule has 23 heavy (non-hydrogen) atoms. The van der Waals surface area contributed by atoms with Gasteiger partial charge in [0.15, 0.2) is 0 Å². The predicted molar refractivity (Wildman–Crippen MR) is 107 cm³/mol. The minimum Gasteiger partial charge on any atom is -0.328 e. The maximum absolute atomic E-state index is 6.11. The van der Waals surface area contributed by atoms with Crippen LogP contribution in [0.5, 0.6) is 0 Å². The molecule has 0 aliphatic carbocycles. The first-order chi connectivity index (χ1) is 11.3. The standard InChI is InChI=1S/C22H47N/c1-3-5-7-8-9-10-11-12-13-14-15-16-17-18-19-21-22(23)20-6-4-2/h22H,3-21,23H2,1-2H3. The summed E-state index contributed by atoms with van der Waals surface area (Å²) in [5.74, 6) is 0. The van der Waals surface area contributed by atoms with E-state index in [0.717, 1.165) is 0 Å². The molecule has 0 saturated heterocycles. The second-order valence-electron chi connectivity index (χ2n) is 7.64. The minimum atomic E-state index is 0.469. The third kappa shape index (κ3) is 19.9. The van der Waals surface area contributed by atoms with Crippen LogP contribution in [-0.2, 0) is 0 Å². The van der Waals surface area contributed by atoms with Crippen LogP contribution in [0.2, 0.25) is 0 Å². The summed E-state index contributed by atoms with van der Waals surface area (Å²) in [4.78, 5) is 0. The Morgan fingerprint density at radius 1 is 0.435 bits per heavy atom. The molecule has 0 aromatic rings. The van der Waals surface area contributed by atoms with Crippen molar-refractivity contribution in [3.63, 3.8) is 0 Å². The fraction of sp³-hybridized carbons (Fsp3) is 1.00. The quantitative estimate of drug-likeness (QED) is 0.241. The van der Waals surface area contributed by atoms with Gasteiger partial charge in [0.2, 0.25) is 0 Å². The molecule has 0 saturated carbocycles. The van der Waals surface area contributed by atoms with Gasteiger partial charge in [-0.05, 0) is 12.8 Å². The molecule has 140 valence electrons. The first-order valence-corrected chi connectivity index (χ1v) is 11.1. The summed E-state index contributed by atoms with van der Waals surface area (Å²) in [7, 11) is 0. The van der Waals surface area contributed by atoms with Gasteiger partial charge in [-0.3, -0.25) is 0 Å². The molecule has 0 heterocycles. The van der Waals surface area contributed by atoms with E-state index < -0.39 is 0 Å². The van der Waals surface area contributed by atoms with Crippen LogP contribution in [0.4, 0.5) is 0 Å². The fourth-order valence-electron chi connectivity index (χ4n) is 3.39. The van der Waals surface area contributed by atoms with Gasteiger partial charge in [0.25, 0.3) is 0 Å². The van der Waals surface area contributed by atoms with Crippen LogP contribution in [0.1, 0.15) is 136 Å². The Morgan fingerprint density at radius 2 is 0.739 bits per heavy atom. The maximum atomic E-state index is 6.11. The molecular formula is C22H47N. The summed E-state index contributed by atoms with van der Waals surface area (Å²) in [6, 6.07) is 0.469. The van der Waals surface area contributed by atoms with Gasteiger partial charge in [0, 0.05) is 6.04 Å². The van der Waals surface area contributed by atoms with Crippen molar-refractivity contribution in [3.05, 3.63) is 0 Å². The molecule has 0 aliphatic heterocycles. The molecule has 0 aromatic heterocycles. The van der Waals surface area contributed by atoms with Crippen LogP contribution in [-0.4, -0.2) is 6.04 Å². The van der Waals surface area contributed by atoms with Gasteiger partial charge in [-0.25, -0.2) is 0 Å². The molecule has 0 aromatic carbocycles. The van der Waals surface area contributed by atoms with E-state index in [1.54, 1.807) is 0 Å². The monoisotopic (exact) mass is 325 g/mol. The van der Waals surface area contributed by atoms with Crippen molar-refractivity contribution in [3.8, 4) is 0 Å². The predicted octanol–water partition coefficient (Wildman–Crippen LogP) is 7.77. The summed E-state index contributed by atoms with van der Waals surface area (Å²) >= 11 is 0. The number of rotatable bonds is 19. The van der Waals surface area contributed by atoms with Crippen molar-refractivity contribution in [1.29, 1.82) is 0 Å². The van der Waals surface area contributed by atoms with Gasteiger partial charge >= 0.3 is 0 Å². The summed E-state index contributed by atoms with van der Waals surface area (Å²) in [5, 5.41) is 0. The highest BCUT2D eigenvalue weighted by Crippen LogP contribution is 2.14. The van der Waals surface area contributed by atoms with Crippen LogP contribution < -0.4 is 5.73 Å². The molecule has 1 heteroatoms. The fourth-order valence-corrected chi connectivity index (χ4v) is 3.39. The second-order valence-corrected chi connectivity index (χ2v) is 7.64. The van der Waals surface area contributed by atoms with E-state index >= 15 is 0 Å². The van der Waals surface area contributed by atoms with Crippen molar-refractivity contribution in [2.45, 2.75) is 142 Å². The Bertz CT molecular complexity index is 202. The number of unbranched alkanes of at least 4 members (excludes halogenated alkanes) is 15. The van der Waals surface area contributed by atoms with Gasteiger partial charge in [-0.15, -0.1) is 0 Å². The Balaban J connectivity index is 3.02. The number of hydrogen-bond donors (Lipinski definition) is 1. The summed E-state index contributed by atoms with van der Waals surface area (Å²) < 4.78 is 0. The molecular weight excluding hydrogens is 278 g/mol. The van der Waals surface area contributed by atoms with Crippen molar-refractivity contribution >= 4 is 0 Å². The summed E-state index contributed by atoms with van der Waals surface area (Å²) in [6.07, 6.45) is 26.7. The highest BCUT2D eigenvalue weighted by atomic mass is 14.6. The first kappa shape index (κ1) is 23.0. The second kappa shape index (κ2) is 20.0. The Hall–Kier alpha value is -0.0400. The maximum Gasteiger partial charge on any atom is 0.00388 e. The van der Waals surface area contributed by atoms with Crippen molar-refractivity contribution < 1.29 is 0 Å². The molecule has 0 bridgehead atoms. The molecule has 0 rings (SSSR count). The lowest BCUT2D eigenvalue weighted by atomic mass is 10.0. The van der Waals surface area contributed by atoms with Gasteiger partial charge in [0.1, 0.15) is 0 Å². The lowest BCUT2D eigenvalue weighted by Gasteiger charge is -2.10. The van der Waals surface area contributed by atoms with E-state index in [0.29, 0.717) is 6.04 Å². The lowest BCUT2D eigenvalue weighted by Crippen LogP contribution is -2.19. The molecule has 2 N–H and O–H groups in total. The van der Waals surface area contributed by atoms with Crippen molar-refractivity contribution in [2.75, 3.05) is 0 Å². The Kier molecular flexibility index (Phi) is 20.0. The van der Waals surface area contributed by atoms with Gasteiger partial charge < -0.3 is 5.73 Å². The van der Waals surface area contributed by atoms with Gasteiger partial charge in [-0.2, -0.15) is 0 Å². The van der Waals surface area contributed by atoms with Crippen LogP contribution in [0.3, 0.4) is 0 Å². The number of nitrogens with two attached hydrogens (primary N) is 1. The van der Waals surface area contributed by atoms with E-state index in [-0.39, 0.29) is 0 Å². The van der Waals surface area contributed by atoms with Crippen molar-refractivity contribution in [1.82, 2.24) is 0 Å². The molecule has 1 unspecified atom stereocenters. The number of hydrogen-bond acceptors (Lipinski definition) is 1. The van der Waals surface area contributed by atoms with E-state index in [1.165, 1.54) is 122 Å². The normalized spacial score (nSPS) is 12.7. The molecule has 0 aliphatic rings. The van der Waals surface area contributed by atoms with E-state index in [9.17, 15) is 0 Å². The Labute approximate surface area is 148 Å². The SMILES string of the molecule is CCCCCCCCCCCCCCCCCC(N)CCCC. The molecule has 1 nitrogen and oxygen atoms in total. The largest absolute Gasteiger partial charge is 0.328 e. The summed E-state index contributed by atoms with van der Waals surface area (Å²) in [5.41, 5.74) is 6.11. The minimum absolute atomic E-state index is 0.469. The first-order valence-electron chi connectivity index (χ1n) is 11.1. The van der Waals surface area contributed by atoms with Crippen LogP contribution in [0, 0.1) is 0 Å². The Morgan fingerprint density at radius 3 is 1.13 bits per heavy atom. The third-order valence-electron chi connectivity index (χ3n) is 5.11. The van der Waals surface area contributed by atoms with Crippen molar-refractivity contribution in [2.24, 2.45) is 5.73 Å². The van der Waals surface area contributed by atoms with Crippen LogP contribution in [0.25, 0.3) is 0 Å². The molecule has 0 fully saturated rings. The van der Waals surface area contributed by atoms with Crippen LogP contribution >= 0.6 is 0 Å².